The topological polar surface area (TPSA) is 64.9 Å². The van der Waals surface area contributed by atoms with E-state index in [1.165, 1.54) is 12.8 Å². The van der Waals surface area contributed by atoms with Gasteiger partial charge < -0.3 is 10.1 Å². The Bertz CT molecular complexity index is 549. The summed E-state index contributed by atoms with van der Waals surface area (Å²) < 4.78 is 7.09. The molecule has 0 saturated heterocycles. The first-order valence-corrected chi connectivity index (χ1v) is 6.46. The summed E-state index contributed by atoms with van der Waals surface area (Å²) in [6.45, 7) is 1.21. The van der Waals surface area contributed by atoms with Crippen molar-refractivity contribution in [1.29, 1.82) is 0 Å². The normalized spacial score (nSPS) is 14.6. The molecule has 1 fully saturated rings. The molecule has 0 aliphatic heterocycles. The third-order valence-electron chi connectivity index (χ3n) is 2.94. The van der Waals surface area contributed by atoms with Crippen LogP contribution in [0.15, 0.2) is 24.5 Å². The molecule has 0 bridgehead atoms. The van der Waals surface area contributed by atoms with Crippen LogP contribution >= 0.6 is 0 Å². The quantitative estimate of drug-likeness (QED) is 0.839. The molecule has 2 heterocycles. The summed E-state index contributed by atoms with van der Waals surface area (Å²) >= 11 is 0. The van der Waals surface area contributed by atoms with Crippen molar-refractivity contribution in [3.63, 3.8) is 0 Å². The number of hydrogen-bond donors (Lipinski definition) is 1. The highest BCUT2D eigenvalue weighted by molar-refractivity contribution is 5.11. The van der Waals surface area contributed by atoms with Gasteiger partial charge in [0.25, 0.3) is 0 Å². The summed E-state index contributed by atoms with van der Waals surface area (Å²) in [6, 6.07) is 7.05. The van der Waals surface area contributed by atoms with E-state index in [1.807, 2.05) is 25.2 Å². The highest BCUT2D eigenvalue weighted by Crippen LogP contribution is 2.19. The highest BCUT2D eigenvalue weighted by Gasteiger charge is 2.20. The van der Waals surface area contributed by atoms with Gasteiger partial charge in [0.2, 0.25) is 0 Å². The summed E-state index contributed by atoms with van der Waals surface area (Å²) in [6.07, 6.45) is 4.18. The predicted octanol–water partition coefficient (Wildman–Crippen LogP) is 1.04. The smallest absolute Gasteiger partial charge is 0.335 e. The number of rotatable bonds is 6. The van der Waals surface area contributed by atoms with E-state index in [0.29, 0.717) is 18.7 Å². The van der Waals surface area contributed by atoms with Gasteiger partial charge in [-0.3, -0.25) is 9.67 Å². The van der Waals surface area contributed by atoms with E-state index in [4.69, 9.17) is 4.74 Å². The lowest BCUT2D eigenvalue weighted by Gasteiger charge is -2.05. The van der Waals surface area contributed by atoms with Crippen LogP contribution in [0.4, 0.5) is 0 Å². The molecular weight excluding hydrogens is 242 g/mol. The van der Waals surface area contributed by atoms with Crippen LogP contribution in [0.25, 0.3) is 0 Å². The number of hydrogen-bond acceptors (Lipinski definition) is 5. The lowest BCUT2D eigenvalue weighted by molar-refractivity contribution is 0.275. The maximum absolute atomic E-state index is 5.48. The van der Waals surface area contributed by atoms with Crippen LogP contribution in [0.5, 0.6) is 6.01 Å². The molecule has 1 aliphatic rings. The van der Waals surface area contributed by atoms with Crippen LogP contribution in [0, 0.1) is 0 Å². The van der Waals surface area contributed by atoms with Gasteiger partial charge in [-0.25, -0.2) is 0 Å². The van der Waals surface area contributed by atoms with Gasteiger partial charge in [0.1, 0.15) is 12.9 Å². The van der Waals surface area contributed by atoms with E-state index < -0.39 is 0 Å². The van der Waals surface area contributed by atoms with E-state index in [1.54, 1.807) is 11.0 Å². The number of nitrogens with zero attached hydrogens (tertiary/aromatic N) is 4. The van der Waals surface area contributed by atoms with E-state index in [9.17, 15) is 0 Å². The maximum atomic E-state index is 5.48. The van der Waals surface area contributed by atoms with Gasteiger partial charge in [-0.05, 0) is 25.0 Å². The second kappa shape index (κ2) is 5.36. The van der Waals surface area contributed by atoms with Crippen LogP contribution in [0.2, 0.25) is 0 Å². The average molecular weight is 259 g/mol. The van der Waals surface area contributed by atoms with Gasteiger partial charge in [0.15, 0.2) is 0 Å². The predicted molar refractivity (Wildman–Crippen MR) is 69.4 cm³/mol. The van der Waals surface area contributed by atoms with E-state index in [-0.39, 0.29) is 0 Å². The van der Waals surface area contributed by atoms with Crippen molar-refractivity contribution in [2.45, 2.75) is 32.0 Å². The molecule has 0 aromatic carbocycles. The zero-order chi connectivity index (χ0) is 13.1. The molecule has 1 saturated carbocycles. The van der Waals surface area contributed by atoms with Crippen molar-refractivity contribution >= 4 is 0 Å². The number of nitrogens with one attached hydrogen (secondary N) is 1. The molecule has 0 amide bonds. The molecule has 2 aromatic rings. The summed E-state index contributed by atoms with van der Waals surface area (Å²) in [5, 5.41) is 7.51. The van der Waals surface area contributed by atoms with Crippen molar-refractivity contribution in [3.8, 4) is 6.01 Å². The largest absolute Gasteiger partial charge is 0.456 e. The maximum Gasteiger partial charge on any atom is 0.335 e. The summed E-state index contributed by atoms with van der Waals surface area (Å²) in [5.74, 6) is 0. The molecule has 6 heteroatoms. The molecular formula is C13H17N5O. The van der Waals surface area contributed by atoms with Crippen LogP contribution in [0.1, 0.15) is 24.2 Å². The standard InChI is InChI=1S/C13H17N5O/c1-18-9-15-13(17-18)19-8-12-4-2-3-11(16-12)7-14-10-5-6-10/h2-4,9-10,14H,5-8H2,1H3. The fourth-order valence-electron chi connectivity index (χ4n) is 1.77. The Morgan fingerprint density at radius 1 is 1.37 bits per heavy atom. The average Bonchev–Trinajstić information content (AvgIpc) is 3.16. The number of ether oxygens (including phenoxy) is 1. The van der Waals surface area contributed by atoms with E-state index in [2.05, 4.69) is 20.4 Å². The van der Waals surface area contributed by atoms with Crippen molar-refractivity contribution in [2.24, 2.45) is 7.05 Å². The Kier molecular flexibility index (Phi) is 3.41. The Morgan fingerprint density at radius 2 is 2.21 bits per heavy atom. The van der Waals surface area contributed by atoms with Gasteiger partial charge in [-0.15, -0.1) is 5.10 Å². The fraction of sp³-hybridized carbons (Fsp3) is 0.462. The Morgan fingerprint density at radius 3 is 2.95 bits per heavy atom. The summed E-state index contributed by atoms with van der Waals surface area (Å²) in [5.41, 5.74) is 1.93. The molecule has 0 unspecified atom stereocenters. The molecule has 0 radical (unpaired) electrons. The van der Waals surface area contributed by atoms with Crippen LogP contribution in [0.3, 0.4) is 0 Å². The Hall–Kier alpha value is -1.95. The minimum atomic E-state index is 0.380. The number of pyridine rings is 1. The first-order valence-electron chi connectivity index (χ1n) is 6.46. The van der Waals surface area contributed by atoms with Gasteiger partial charge >= 0.3 is 6.01 Å². The lowest BCUT2D eigenvalue weighted by Crippen LogP contribution is -2.16. The summed E-state index contributed by atoms with van der Waals surface area (Å²) in [7, 11) is 1.81. The second-order valence-electron chi connectivity index (χ2n) is 4.76. The SMILES string of the molecule is Cn1cnc(OCc2cccc(CNC3CC3)n2)n1. The zero-order valence-electron chi connectivity index (χ0n) is 10.9. The molecule has 3 rings (SSSR count). The third-order valence-corrected chi connectivity index (χ3v) is 2.94. The zero-order valence-corrected chi connectivity index (χ0v) is 10.9. The molecule has 100 valence electrons. The monoisotopic (exact) mass is 259 g/mol. The van der Waals surface area contributed by atoms with Crippen molar-refractivity contribution < 1.29 is 4.74 Å². The van der Waals surface area contributed by atoms with Crippen molar-refractivity contribution in [1.82, 2.24) is 25.1 Å². The molecule has 0 atom stereocenters. The fourth-order valence-corrected chi connectivity index (χ4v) is 1.77. The van der Waals surface area contributed by atoms with Crippen molar-refractivity contribution in [3.05, 3.63) is 35.9 Å². The van der Waals surface area contributed by atoms with Crippen molar-refractivity contribution in [2.75, 3.05) is 0 Å². The number of aromatic nitrogens is 4. The molecule has 1 N–H and O–H groups in total. The van der Waals surface area contributed by atoms with E-state index in [0.717, 1.165) is 17.9 Å². The van der Waals surface area contributed by atoms with Gasteiger partial charge in [-0.1, -0.05) is 6.07 Å². The van der Waals surface area contributed by atoms with E-state index >= 15 is 0 Å². The third kappa shape index (κ3) is 3.51. The number of aryl methyl sites for hydroxylation is 1. The van der Waals surface area contributed by atoms with Gasteiger partial charge in [-0.2, -0.15) is 4.98 Å². The molecule has 1 aliphatic carbocycles. The molecule has 6 nitrogen and oxygen atoms in total. The first-order chi connectivity index (χ1) is 9.29. The highest BCUT2D eigenvalue weighted by atomic mass is 16.5. The molecule has 2 aromatic heterocycles. The minimum Gasteiger partial charge on any atom is -0.456 e. The Balaban J connectivity index is 1.55. The second-order valence-corrected chi connectivity index (χ2v) is 4.76. The van der Waals surface area contributed by atoms with Crippen LogP contribution in [-0.4, -0.2) is 25.8 Å². The molecule has 0 spiro atoms. The van der Waals surface area contributed by atoms with Crippen LogP contribution in [-0.2, 0) is 20.2 Å². The Labute approximate surface area is 111 Å². The van der Waals surface area contributed by atoms with Gasteiger partial charge in [0.05, 0.1) is 11.4 Å². The van der Waals surface area contributed by atoms with Crippen LogP contribution < -0.4 is 10.1 Å². The first kappa shape index (κ1) is 12.1. The summed E-state index contributed by atoms with van der Waals surface area (Å²) in [4.78, 5) is 8.56. The lowest BCUT2D eigenvalue weighted by atomic mass is 10.3. The molecule has 19 heavy (non-hydrogen) atoms. The minimum absolute atomic E-state index is 0.380. The van der Waals surface area contributed by atoms with Gasteiger partial charge in [0, 0.05) is 19.6 Å².